The fraction of sp³-hybridized carbons (Fsp3) is 0.312. The Balaban J connectivity index is 1.93. The zero-order valence-electron chi connectivity index (χ0n) is 12.5. The number of methoxy groups -OCH3 is 1. The lowest BCUT2D eigenvalue weighted by molar-refractivity contribution is -0.117. The van der Waals surface area contributed by atoms with Crippen molar-refractivity contribution in [1.82, 2.24) is 5.32 Å². The molecule has 0 unspecified atom stereocenters. The van der Waals surface area contributed by atoms with E-state index in [0.717, 1.165) is 12.8 Å². The molecule has 0 spiro atoms. The molecule has 1 aliphatic carbocycles. The zero-order chi connectivity index (χ0) is 16.1. The summed E-state index contributed by atoms with van der Waals surface area (Å²) in [4.78, 5) is 34.9. The highest BCUT2D eigenvalue weighted by molar-refractivity contribution is 6.07. The van der Waals surface area contributed by atoms with E-state index >= 15 is 0 Å². The van der Waals surface area contributed by atoms with Gasteiger partial charge in [0, 0.05) is 23.4 Å². The van der Waals surface area contributed by atoms with Crippen LogP contribution >= 0.6 is 0 Å². The molecule has 116 valence electrons. The minimum atomic E-state index is -0.439. The van der Waals surface area contributed by atoms with E-state index in [1.807, 2.05) is 0 Å². The molecule has 0 aromatic heterocycles. The SMILES string of the molecule is COC(=O)c1ccc(NC(=O)/C(C)=C/C(=O)NC2CC2)cc1. The third-order valence-corrected chi connectivity index (χ3v) is 3.19. The van der Waals surface area contributed by atoms with Crippen LogP contribution in [-0.2, 0) is 14.3 Å². The molecule has 0 aliphatic heterocycles. The molecular formula is C16H18N2O4. The molecule has 0 saturated heterocycles. The molecule has 0 atom stereocenters. The number of nitrogens with one attached hydrogen (secondary N) is 2. The zero-order valence-corrected chi connectivity index (χ0v) is 12.5. The van der Waals surface area contributed by atoms with Gasteiger partial charge in [-0.25, -0.2) is 4.79 Å². The van der Waals surface area contributed by atoms with Gasteiger partial charge in [-0.05, 0) is 44.0 Å². The van der Waals surface area contributed by atoms with E-state index in [2.05, 4.69) is 15.4 Å². The van der Waals surface area contributed by atoms with Crippen LogP contribution in [-0.4, -0.2) is 30.9 Å². The Kier molecular flexibility index (Phi) is 4.93. The first-order chi connectivity index (χ1) is 10.5. The van der Waals surface area contributed by atoms with Crippen LogP contribution in [0, 0.1) is 0 Å². The maximum Gasteiger partial charge on any atom is 0.337 e. The Morgan fingerprint density at radius 1 is 1.18 bits per heavy atom. The van der Waals surface area contributed by atoms with E-state index in [9.17, 15) is 14.4 Å². The van der Waals surface area contributed by atoms with Gasteiger partial charge in [0.25, 0.3) is 5.91 Å². The Morgan fingerprint density at radius 2 is 1.82 bits per heavy atom. The predicted octanol–water partition coefficient (Wildman–Crippen LogP) is 1.64. The summed E-state index contributed by atoms with van der Waals surface area (Å²) in [6, 6.07) is 6.56. The standard InChI is InChI=1S/C16H18N2O4/c1-10(9-14(19)17-12-7-8-12)15(20)18-13-5-3-11(4-6-13)16(21)22-2/h3-6,9,12H,7-8H2,1-2H3,(H,17,19)(H,18,20)/b10-9+. The van der Waals surface area contributed by atoms with Gasteiger partial charge >= 0.3 is 5.97 Å². The summed E-state index contributed by atoms with van der Waals surface area (Å²) < 4.78 is 4.60. The van der Waals surface area contributed by atoms with Gasteiger partial charge in [-0.15, -0.1) is 0 Å². The molecule has 0 heterocycles. The van der Waals surface area contributed by atoms with Crippen LogP contribution in [0.1, 0.15) is 30.1 Å². The number of carbonyl (C=O) groups excluding carboxylic acids is 3. The Hall–Kier alpha value is -2.63. The summed E-state index contributed by atoms with van der Waals surface area (Å²) in [6.07, 6.45) is 3.28. The number of ether oxygens (including phenoxy) is 1. The van der Waals surface area contributed by atoms with E-state index in [4.69, 9.17) is 0 Å². The van der Waals surface area contributed by atoms with Gasteiger partial charge in [-0.2, -0.15) is 0 Å². The fourth-order valence-corrected chi connectivity index (χ4v) is 1.77. The van der Waals surface area contributed by atoms with Gasteiger partial charge in [0.2, 0.25) is 5.91 Å². The van der Waals surface area contributed by atoms with Gasteiger partial charge in [-0.3, -0.25) is 9.59 Å². The van der Waals surface area contributed by atoms with Crippen LogP contribution in [0.4, 0.5) is 5.69 Å². The molecule has 1 fully saturated rings. The van der Waals surface area contributed by atoms with Crippen LogP contribution in [0.2, 0.25) is 0 Å². The Morgan fingerprint density at radius 3 is 2.36 bits per heavy atom. The average molecular weight is 302 g/mol. The second kappa shape index (κ2) is 6.89. The number of carbonyl (C=O) groups is 3. The third kappa shape index (κ3) is 4.44. The van der Waals surface area contributed by atoms with Crippen molar-refractivity contribution >= 4 is 23.5 Å². The first-order valence-electron chi connectivity index (χ1n) is 6.98. The maximum absolute atomic E-state index is 12.0. The van der Waals surface area contributed by atoms with Gasteiger partial charge in [0.15, 0.2) is 0 Å². The number of hydrogen-bond acceptors (Lipinski definition) is 4. The largest absolute Gasteiger partial charge is 0.465 e. The second-order valence-electron chi connectivity index (χ2n) is 5.13. The topological polar surface area (TPSA) is 84.5 Å². The van der Waals surface area contributed by atoms with Crippen molar-refractivity contribution in [3.63, 3.8) is 0 Å². The van der Waals surface area contributed by atoms with Crippen LogP contribution in [0.15, 0.2) is 35.9 Å². The highest BCUT2D eigenvalue weighted by Crippen LogP contribution is 2.18. The van der Waals surface area contributed by atoms with Crippen molar-refractivity contribution in [2.75, 3.05) is 12.4 Å². The predicted molar refractivity (Wildman–Crippen MR) is 81.3 cm³/mol. The first-order valence-corrected chi connectivity index (χ1v) is 6.98. The molecule has 1 aliphatic rings. The highest BCUT2D eigenvalue weighted by atomic mass is 16.5. The third-order valence-electron chi connectivity index (χ3n) is 3.19. The molecule has 22 heavy (non-hydrogen) atoms. The quantitative estimate of drug-likeness (QED) is 0.639. The van der Waals surface area contributed by atoms with Crippen molar-refractivity contribution in [2.45, 2.75) is 25.8 Å². The van der Waals surface area contributed by atoms with Crippen LogP contribution < -0.4 is 10.6 Å². The summed E-state index contributed by atoms with van der Waals surface area (Å²) >= 11 is 0. The van der Waals surface area contributed by atoms with E-state index in [1.54, 1.807) is 31.2 Å². The summed E-state index contributed by atoms with van der Waals surface area (Å²) in [5.74, 6) is -1.06. The van der Waals surface area contributed by atoms with E-state index in [-0.39, 0.29) is 17.9 Å². The van der Waals surface area contributed by atoms with Crippen molar-refractivity contribution < 1.29 is 19.1 Å². The normalized spacial score (nSPS) is 14.2. The number of hydrogen-bond donors (Lipinski definition) is 2. The van der Waals surface area contributed by atoms with Crippen molar-refractivity contribution in [1.29, 1.82) is 0 Å². The molecular weight excluding hydrogens is 284 g/mol. The van der Waals surface area contributed by atoms with Gasteiger partial charge in [0.1, 0.15) is 0 Å². The fourth-order valence-electron chi connectivity index (χ4n) is 1.77. The molecule has 2 amide bonds. The maximum atomic E-state index is 12.0. The Labute approximate surface area is 128 Å². The average Bonchev–Trinajstić information content (AvgIpc) is 3.30. The van der Waals surface area contributed by atoms with Crippen LogP contribution in [0.5, 0.6) is 0 Å². The van der Waals surface area contributed by atoms with Crippen molar-refractivity contribution in [3.05, 3.63) is 41.5 Å². The van der Waals surface area contributed by atoms with Crippen molar-refractivity contribution in [2.24, 2.45) is 0 Å². The lowest BCUT2D eigenvalue weighted by atomic mass is 10.2. The summed E-state index contributed by atoms with van der Waals surface area (Å²) in [6.45, 7) is 1.57. The molecule has 0 radical (unpaired) electrons. The first kappa shape index (κ1) is 15.8. The van der Waals surface area contributed by atoms with Crippen LogP contribution in [0.3, 0.4) is 0 Å². The number of benzene rings is 1. The van der Waals surface area contributed by atoms with E-state index < -0.39 is 5.97 Å². The van der Waals surface area contributed by atoms with Crippen molar-refractivity contribution in [3.8, 4) is 0 Å². The van der Waals surface area contributed by atoms with Gasteiger partial charge < -0.3 is 15.4 Å². The minimum Gasteiger partial charge on any atom is -0.465 e. The van der Waals surface area contributed by atoms with E-state index in [1.165, 1.54) is 13.2 Å². The molecule has 0 bridgehead atoms. The molecule has 1 aromatic rings. The Bertz CT molecular complexity index is 616. The molecule has 6 heteroatoms. The molecule has 6 nitrogen and oxygen atoms in total. The smallest absolute Gasteiger partial charge is 0.337 e. The molecule has 2 rings (SSSR count). The summed E-state index contributed by atoms with van der Waals surface area (Å²) in [7, 11) is 1.30. The minimum absolute atomic E-state index is 0.254. The lowest BCUT2D eigenvalue weighted by Gasteiger charge is -2.06. The monoisotopic (exact) mass is 302 g/mol. The number of esters is 1. The van der Waals surface area contributed by atoms with Gasteiger partial charge in [0.05, 0.1) is 12.7 Å². The van der Waals surface area contributed by atoms with E-state index in [0.29, 0.717) is 16.8 Å². The number of amides is 2. The molecule has 1 saturated carbocycles. The number of anilines is 1. The lowest BCUT2D eigenvalue weighted by Crippen LogP contribution is -2.24. The highest BCUT2D eigenvalue weighted by Gasteiger charge is 2.22. The summed E-state index contributed by atoms with van der Waals surface area (Å²) in [5.41, 5.74) is 1.25. The molecule has 2 N–H and O–H groups in total. The van der Waals surface area contributed by atoms with Gasteiger partial charge in [-0.1, -0.05) is 0 Å². The second-order valence-corrected chi connectivity index (χ2v) is 5.13. The van der Waals surface area contributed by atoms with Crippen LogP contribution in [0.25, 0.3) is 0 Å². The summed E-state index contributed by atoms with van der Waals surface area (Å²) in [5, 5.41) is 5.44. The molecule has 1 aromatic carbocycles. The number of rotatable bonds is 5.